The fraction of sp³-hybridized carbons (Fsp3) is 0.111. The molecule has 0 aliphatic carbocycles. The number of rotatable bonds is 4. The number of benzene rings is 1. The summed E-state index contributed by atoms with van der Waals surface area (Å²) in [5, 5.41) is 0. The van der Waals surface area contributed by atoms with Crippen LogP contribution < -0.4 is 0 Å². The minimum Gasteiger partial charge on any atom is -0.336 e. The Morgan fingerprint density at radius 1 is 1.05 bits per heavy atom. The van der Waals surface area contributed by atoms with Gasteiger partial charge in [0.1, 0.15) is 0 Å². The monoisotopic (exact) mass is 291 g/mol. The average molecular weight is 291 g/mol. The van der Waals surface area contributed by atoms with E-state index in [1.807, 2.05) is 71.6 Å². The first-order chi connectivity index (χ1) is 10.7. The molecule has 0 saturated carbocycles. The number of amides is 1. The highest BCUT2D eigenvalue weighted by atomic mass is 16.2. The van der Waals surface area contributed by atoms with Crippen LogP contribution in [0.4, 0.5) is 0 Å². The molecule has 0 atom stereocenters. The first-order valence-corrected chi connectivity index (χ1v) is 7.13. The summed E-state index contributed by atoms with van der Waals surface area (Å²) in [6.07, 6.45) is 5.69. The van der Waals surface area contributed by atoms with Crippen molar-refractivity contribution in [2.75, 3.05) is 7.05 Å². The van der Waals surface area contributed by atoms with Crippen LogP contribution in [0.15, 0.2) is 73.2 Å². The minimum atomic E-state index is -0.00953. The first kappa shape index (κ1) is 14.1. The molecule has 2 heterocycles. The Hall–Kier alpha value is -2.88. The van der Waals surface area contributed by atoms with Crippen LogP contribution in [0.3, 0.4) is 0 Å². The van der Waals surface area contributed by atoms with E-state index in [0.717, 1.165) is 11.4 Å². The normalized spacial score (nSPS) is 10.4. The number of hydrogen-bond acceptors (Lipinski definition) is 2. The van der Waals surface area contributed by atoms with Crippen LogP contribution in [-0.4, -0.2) is 27.4 Å². The van der Waals surface area contributed by atoms with Gasteiger partial charge in [0.25, 0.3) is 5.91 Å². The lowest BCUT2D eigenvalue weighted by atomic mass is 10.1. The van der Waals surface area contributed by atoms with E-state index < -0.39 is 0 Å². The molecule has 4 heteroatoms. The van der Waals surface area contributed by atoms with Crippen molar-refractivity contribution in [3.8, 4) is 5.69 Å². The summed E-state index contributed by atoms with van der Waals surface area (Å²) < 4.78 is 2.01. The van der Waals surface area contributed by atoms with E-state index >= 15 is 0 Å². The van der Waals surface area contributed by atoms with Crippen LogP contribution in [0.2, 0.25) is 0 Å². The Balaban J connectivity index is 1.72. The molecule has 0 unspecified atom stereocenters. The third-order valence-electron chi connectivity index (χ3n) is 3.49. The van der Waals surface area contributed by atoms with Gasteiger partial charge < -0.3 is 9.47 Å². The van der Waals surface area contributed by atoms with Crippen molar-refractivity contribution in [1.82, 2.24) is 14.5 Å². The maximum absolute atomic E-state index is 12.4. The van der Waals surface area contributed by atoms with Crippen LogP contribution in [-0.2, 0) is 6.54 Å². The lowest BCUT2D eigenvalue weighted by molar-refractivity contribution is 0.0783. The molecule has 3 rings (SSSR count). The molecular weight excluding hydrogens is 274 g/mol. The molecular formula is C18H17N3O. The van der Waals surface area contributed by atoms with Crippen LogP contribution in [0.1, 0.15) is 16.1 Å². The second-order valence-corrected chi connectivity index (χ2v) is 5.12. The molecule has 0 aliphatic rings. The van der Waals surface area contributed by atoms with Gasteiger partial charge in [-0.05, 0) is 48.5 Å². The molecule has 1 aromatic carbocycles. The largest absolute Gasteiger partial charge is 0.336 e. The Kier molecular flexibility index (Phi) is 4.01. The van der Waals surface area contributed by atoms with Crippen LogP contribution in [0.5, 0.6) is 0 Å². The number of carbonyl (C=O) groups excluding carboxylic acids is 1. The molecule has 3 aromatic rings. The highest BCUT2D eigenvalue weighted by Gasteiger charge is 2.12. The standard InChI is InChI=1S/C18H17N3O/c1-20(14-16-6-2-3-11-19-16)18(22)15-7-9-17(10-8-15)21-12-4-5-13-21/h2-13H,14H2,1H3. The fourth-order valence-corrected chi connectivity index (χ4v) is 2.31. The van der Waals surface area contributed by atoms with Crippen molar-refractivity contribution < 1.29 is 4.79 Å². The van der Waals surface area contributed by atoms with Gasteiger partial charge in [0.15, 0.2) is 0 Å². The van der Waals surface area contributed by atoms with E-state index in [9.17, 15) is 4.79 Å². The molecule has 4 nitrogen and oxygen atoms in total. The molecule has 0 aliphatic heterocycles. The van der Waals surface area contributed by atoms with E-state index in [1.54, 1.807) is 18.1 Å². The third kappa shape index (κ3) is 3.06. The van der Waals surface area contributed by atoms with E-state index in [-0.39, 0.29) is 5.91 Å². The Morgan fingerprint density at radius 3 is 2.41 bits per heavy atom. The van der Waals surface area contributed by atoms with Gasteiger partial charge in [0, 0.05) is 36.9 Å². The molecule has 0 fully saturated rings. The predicted octanol–water partition coefficient (Wildman–Crippen LogP) is 3.14. The number of nitrogens with zero attached hydrogens (tertiary/aromatic N) is 3. The van der Waals surface area contributed by atoms with Gasteiger partial charge in [0.05, 0.1) is 12.2 Å². The molecule has 0 N–H and O–H groups in total. The van der Waals surface area contributed by atoms with Gasteiger partial charge in [0.2, 0.25) is 0 Å². The third-order valence-corrected chi connectivity index (χ3v) is 3.49. The quantitative estimate of drug-likeness (QED) is 0.740. The highest BCUT2D eigenvalue weighted by molar-refractivity contribution is 5.94. The van der Waals surface area contributed by atoms with E-state index in [4.69, 9.17) is 0 Å². The molecule has 0 spiro atoms. The summed E-state index contributed by atoms with van der Waals surface area (Å²) in [4.78, 5) is 18.4. The van der Waals surface area contributed by atoms with Crippen molar-refractivity contribution in [3.05, 3.63) is 84.4 Å². The van der Waals surface area contributed by atoms with Crippen molar-refractivity contribution in [2.45, 2.75) is 6.54 Å². The van der Waals surface area contributed by atoms with Crippen LogP contribution in [0, 0.1) is 0 Å². The van der Waals surface area contributed by atoms with Gasteiger partial charge in [-0.1, -0.05) is 6.07 Å². The van der Waals surface area contributed by atoms with Gasteiger partial charge in [-0.2, -0.15) is 0 Å². The summed E-state index contributed by atoms with van der Waals surface area (Å²) in [5.74, 6) is -0.00953. The molecule has 110 valence electrons. The lowest BCUT2D eigenvalue weighted by Gasteiger charge is -2.17. The van der Waals surface area contributed by atoms with E-state index in [0.29, 0.717) is 12.1 Å². The minimum absolute atomic E-state index is 0.00953. The summed E-state index contributed by atoms with van der Waals surface area (Å²) in [5.41, 5.74) is 2.59. The summed E-state index contributed by atoms with van der Waals surface area (Å²) >= 11 is 0. The zero-order chi connectivity index (χ0) is 15.4. The number of aromatic nitrogens is 2. The molecule has 1 amide bonds. The van der Waals surface area contributed by atoms with E-state index in [1.165, 1.54) is 0 Å². The van der Waals surface area contributed by atoms with Gasteiger partial charge in [-0.3, -0.25) is 9.78 Å². The highest BCUT2D eigenvalue weighted by Crippen LogP contribution is 2.12. The zero-order valence-electron chi connectivity index (χ0n) is 12.4. The summed E-state index contributed by atoms with van der Waals surface area (Å²) in [6, 6.07) is 17.2. The maximum atomic E-state index is 12.4. The van der Waals surface area contributed by atoms with Gasteiger partial charge in [-0.25, -0.2) is 0 Å². The van der Waals surface area contributed by atoms with Crippen LogP contribution >= 0.6 is 0 Å². The molecule has 0 saturated heterocycles. The second-order valence-electron chi connectivity index (χ2n) is 5.12. The number of carbonyl (C=O) groups is 1. The smallest absolute Gasteiger partial charge is 0.253 e. The Labute approximate surface area is 129 Å². The number of hydrogen-bond donors (Lipinski definition) is 0. The van der Waals surface area contributed by atoms with Crippen LogP contribution in [0.25, 0.3) is 5.69 Å². The topological polar surface area (TPSA) is 38.1 Å². The maximum Gasteiger partial charge on any atom is 0.253 e. The van der Waals surface area contributed by atoms with Crippen molar-refractivity contribution in [3.63, 3.8) is 0 Å². The molecule has 0 bridgehead atoms. The van der Waals surface area contributed by atoms with Crippen molar-refractivity contribution >= 4 is 5.91 Å². The summed E-state index contributed by atoms with van der Waals surface area (Å²) in [7, 11) is 1.79. The molecule has 2 aromatic heterocycles. The predicted molar refractivity (Wildman–Crippen MR) is 85.8 cm³/mol. The molecule has 0 radical (unpaired) electrons. The van der Waals surface area contributed by atoms with Crippen molar-refractivity contribution in [2.24, 2.45) is 0 Å². The van der Waals surface area contributed by atoms with E-state index in [2.05, 4.69) is 4.98 Å². The summed E-state index contributed by atoms with van der Waals surface area (Å²) in [6.45, 7) is 0.499. The molecule has 22 heavy (non-hydrogen) atoms. The average Bonchev–Trinajstić information content (AvgIpc) is 3.10. The Morgan fingerprint density at radius 2 is 1.77 bits per heavy atom. The number of pyridine rings is 1. The SMILES string of the molecule is CN(Cc1ccccn1)C(=O)c1ccc(-n2cccc2)cc1. The van der Waals surface area contributed by atoms with Gasteiger partial charge in [-0.15, -0.1) is 0 Å². The first-order valence-electron chi connectivity index (χ1n) is 7.13. The zero-order valence-corrected chi connectivity index (χ0v) is 12.4. The lowest BCUT2D eigenvalue weighted by Crippen LogP contribution is -2.26. The fourth-order valence-electron chi connectivity index (χ4n) is 2.31. The Bertz CT molecular complexity index is 734. The van der Waals surface area contributed by atoms with Gasteiger partial charge >= 0.3 is 0 Å². The second kappa shape index (κ2) is 6.26. The van der Waals surface area contributed by atoms with Crippen molar-refractivity contribution in [1.29, 1.82) is 0 Å².